The van der Waals surface area contributed by atoms with E-state index in [4.69, 9.17) is 35.1 Å². The second kappa shape index (κ2) is 9.25. The molecule has 32 heavy (non-hydrogen) atoms. The number of nitrogens with zero attached hydrogens (tertiary/aromatic N) is 3. The molecule has 1 aromatic carbocycles. The lowest BCUT2D eigenvalue weighted by molar-refractivity contribution is 0.213. The van der Waals surface area contributed by atoms with Crippen LogP contribution in [0.3, 0.4) is 0 Å². The minimum Gasteiger partial charge on any atom is -0.496 e. The molecule has 170 valence electrons. The summed E-state index contributed by atoms with van der Waals surface area (Å²) in [6.07, 6.45) is 6.68. The van der Waals surface area contributed by atoms with Gasteiger partial charge in [0.2, 0.25) is 0 Å². The molecule has 1 aliphatic rings. The van der Waals surface area contributed by atoms with Crippen molar-refractivity contribution < 1.29 is 23.1 Å². The van der Waals surface area contributed by atoms with E-state index >= 15 is 0 Å². The zero-order chi connectivity index (χ0) is 22.9. The quantitative estimate of drug-likeness (QED) is 0.435. The van der Waals surface area contributed by atoms with Crippen molar-refractivity contribution in [2.24, 2.45) is 0 Å². The molecule has 10 heteroatoms. The first-order valence-corrected chi connectivity index (χ1v) is 11.9. The van der Waals surface area contributed by atoms with E-state index in [1.165, 1.54) is 14.2 Å². The molecule has 0 spiro atoms. The Balaban J connectivity index is 1.65. The summed E-state index contributed by atoms with van der Waals surface area (Å²) in [5, 5.41) is 0.488. The Bertz CT molecular complexity index is 1220. The van der Waals surface area contributed by atoms with Crippen LogP contribution in [0.15, 0.2) is 42.7 Å². The zero-order valence-corrected chi connectivity index (χ0v) is 20.0. The van der Waals surface area contributed by atoms with Crippen molar-refractivity contribution in [3.8, 4) is 22.8 Å². The monoisotopic (exact) mass is 477 g/mol. The summed E-state index contributed by atoms with van der Waals surface area (Å²) >= 11 is 6.33. The van der Waals surface area contributed by atoms with E-state index < -0.39 is 7.75 Å². The highest BCUT2D eigenvalue weighted by Crippen LogP contribution is 2.51. The SMILES string of the molecule is COc1cc(OC)c(-c2cn3ccc(C4=CCN(P(=O)(OC)OC)CC4)cc3n2)cc1Cl. The molecule has 0 saturated heterocycles. The van der Waals surface area contributed by atoms with Gasteiger partial charge in [0.15, 0.2) is 0 Å². The summed E-state index contributed by atoms with van der Waals surface area (Å²) in [6.45, 7) is 1.07. The molecule has 2 aromatic heterocycles. The van der Waals surface area contributed by atoms with Crippen molar-refractivity contribution in [2.75, 3.05) is 41.5 Å². The van der Waals surface area contributed by atoms with Crippen LogP contribution in [0.2, 0.25) is 5.02 Å². The first-order chi connectivity index (χ1) is 15.4. The van der Waals surface area contributed by atoms with Crippen LogP contribution in [0.1, 0.15) is 12.0 Å². The first kappa shape index (κ1) is 22.8. The van der Waals surface area contributed by atoms with Gasteiger partial charge in [-0.1, -0.05) is 17.7 Å². The maximum absolute atomic E-state index is 12.6. The highest BCUT2D eigenvalue weighted by atomic mass is 35.5. The molecule has 0 unspecified atom stereocenters. The Hall–Kier alpha value is -2.35. The van der Waals surface area contributed by atoms with Gasteiger partial charge in [0.05, 0.1) is 24.9 Å². The minimum absolute atomic E-state index is 0.487. The van der Waals surface area contributed by atoms with E-state index in [9.17, 15) is 4.57 Å². The molecule has 1 aliphatic heterocycles. The van der Waals surface area contributed by atoms with Gasteiger partial charge in [0, 0.05) is 51.3 Å². The molecule has 0 N–H and O–H groups in total. The minimum atomic E-state index is -3.22. The van der Waals surface area contributed by atoms with E-state index in [0.717, 1.165) is 34.5 Å². The number of aromatic nitrogens is 2. The third-order valence-corrected chi connectivity index (χ3v) is 7.85. The van der Waals surface area contributed by atoms with Crippen LogP contribution in [0.25, 0.3) is 22.5 Å². The third-order valence-electron chi connectivity index (χ3n) is 5.58. The Morgan fingerprint density at radius 1 is 1.06 bits per heavy atom. The van der Waals surface area contributed by atoms with Crippen LogP contribution >= 0.6 is 19.3 Å². The van der Waals surface area contributed by atoms with E-state index in [2.05, 4.69) is 6.08 Å². The molecule has 0 aliphatic carbocycles. The fourth-order valence-corrected chi connectivity index (χ4v) is 5.30. The van der Waals surface area contributed by atoms with Crippen LogP contribution in [0.4, 0.5) is 0 Å². The number of rotatable bonds is 7. The number of methoxy groups -OCH3 is 2. The summed E-state index contributed by atoms with van der Waals surface area (Å²) < 4.78 is 37.3. The molecule has 0 atom stereocenters. The van der Waals surface area contributed by atoms with Crippen molar-refractivity contribution in [2.45, 2.75) is 6.42 Å². The smallest absolute Gasteiger partial charge is 0.407 e. The van der Waals surface area contributed by atoms with Gasteiger partial charge in [0.25, 0.3) is 0 Å². The van der Waals surface area contributed by atoms with Crippen molar-refractivity contribution in [1.29, 1.82) is 0 Å². The summed E-state index contributed by atoms with van der Waals surface area (Å²) in [5.41, 5.74) is 4.56. The summed E-state index contributed by atoms with van der Waals surface area (Å²) in [4.78, 5) is 4.79. The van der Waals surface area contributed by atoms with E-state index in [-0.39, 0.29) is 0 Å². The molecule has 0 saturated carbocycles. The Morgan fingerprint density at radius 3 is 2.44 bits per heavy atom. The number of halogens is 1. The molecular weight excluding hydrogens is 453 g/mol. The lowest BCUT2D eigenvalue weighted by atomic mass is 10.0. The van der Waals surface area contributed by atoms with E-state index in [1.807, 2.05) is 28.9 Å². The van der Waals surface area contributed by atoms with Crippen LogP contribution in [-0.2, 0) is 13.6 Å². The number of ether oxygens (including phenoxy) is 2. The van der Waals surface area contributed by atoms with E-state index in [0.29, 0.717) is 29.6 Å². The normalized spacial score (nSPS) is 15.1. The molecule has 3 aromatic rings. The molecule has 0 fully saturated rings. The summed E-state index contributed by atoms with van der Waals surface area (Å²) in [7, 11) is 2.75. The largest absolute Gasteiger partial charge is 0.496 e. The number of hydrogen-bond acceptors (Lipinski definition) is 6. The fourth-order valence-electron chi connectivity index (χ4n) is 3.82. The number of fused-ring (bicyclic) bond motifs is 1. The number of hydrogen-bond donors (Lipinski definition) is 0. The number of imidazole rings is 1. The molecule has 8 nitrogen and oxygen atoms in total. The predicted octanol–water partition coefficient (Wildman–Crippen LogP) is 5.16. The lowest BCUT2D eigenvalue weighted by Gasteiger charge is -2.30. The first-order valence-electron chi connectivity index (χ1n) is 9.99. The second-order valence-electron chi connectivity index (χ2n) is 7.22. The molecule has 3 heterocycles. The maximum Gasteiger partial charge on any atom is 0.407 e. The molecule has 0 amide bonds. The Labute approximate surface area is 191 Å². The highest BCUT2D eigenvalue weighted by Gasteiger charge is 2.32. The third kappa shape index (κ3) is 4.17. The second-order valence-corrected chi connectivity index (χ2v) is 9.86. The average molecular weight is 478 g/mol. The van der Waals surface area contributed by atoms with Crippen LogP contribution in [0, 0.1) is 0 Å². The Kier molecular flexibility index (Phi) is 6.60. The van der Waals surface area contributed by atoms with Gasteiger partial charge >= 0.3 is 7.75 Å². The Morgan fingerprint density at radius 2 is 1.81 bits per heavy atom. The molecule has 0 bridgehead atoms. The highest BCUT2D eigenvalue weighted by molar-refractivity contribution is 7.51. The van der Waals surface area contributed by atoms with Crippen LogP contribution in [0.5, 0.6) is 11.5 Å². The van der Waals surface area contributed by atoms with Crippen molar-refractivity contribution in [3.05, 3.63) is 53.3 Å². The van der Waals surface area contributed by atoms with Gasteiger partial charge in [-0.25, -0.2) is 14.2 Å². The average Bonchev–Trinajstić information content (AvgIpc) is 3.26. The zero-order valence-electron chi connectivity index (χ0n) is 18.4. The van der Waals surface area contributed by atoms with E-state index in [1.54, 1.807) is 31.0 Å². The van der Waals surface area contributed by atoms with Crippen molar-refractivity contribution in [3.63, 3.8) is 0 Å². The van der Waals surface area contributed by atoms with Gasteiger partial charge < -0.3 is 13.9 Å². The predicted molar refractivity (Wildman–Crippen MR) is 125 cm³/mol. The van der Waals surface area contributed by atoms with Crippen molar-refractivity contribution >= 4 is 30.6 Å². The summed E-state index contributed by atoms with van der Waals surface area (Å²) in [6, 6.07) is 7.63. The fraction of sp³-hybridized carbons (Fsp3) is 0.318. The molecular formula is C22H25ClN3O5P. The molecule has 4 rings (SSSR count). The van der Waals surface area contributed by atoms with Crippen LogP contribution in [-0.4, -0.2) is 55.6 Å². The van der Waals surface area contributed by atoms with Gasteiger partial charge in [-0.05, 0) is 35.8 Å². The van der Waals surface area contributed by atoms with Gasteiger partial charge in [-0.15, -0.1) is 0 Å². The topological polar surface area (TPSA) is 74.5 Å². The standard InChI is InChI=1S/C22H25ClN3O5P/c1-28-20-13-21(29-2)18(23)12-17(20)19-14-25-8-5-16(11-22(25)24-19)15-6-9-26(10-7-15)32(27,30-3)31-4/h5-6,8,11-14H,7,9-10H2,1-4H3. The lowest BCUT2D eigenvalue weighted by Crippen LogP contribution is -2.27. The van der Waals surface area contributed by atoms with Gasteiger partial charge in [0.1, 0.15) is 17.1 Å². The summed E-state index contributed by atoms with van der Waals surface area (Å²) in [5.74, 6) is 1.17. The van der Waals surface area contributed by atoms with Gasteiger partial charge in [-0.3, -0.25) is 9.05 Å². The number of pyridine rings is 1. The van der Waals surface area contributed by atoms with Crippen molar-refractivity contribution in [1.82, 2.24) is 14.1 Å². The molecule has 0 radical (unpaired) electrons. The van der Waals surface area contributed by atoms with Gasteiger partial charge in [-0.2, -0.15) is 0 Å². The van der Waals surface area contributed by atoms with Crippen LogP contribution < -0.4 is 9.47 Å². The maximum atomic E-state index is 12.6. The number of benzene rings is 1.